The summed E-state index contributed by atoms with van der Waals surface area (Å²) in [7, 11) is -3.95. The average molecular weight is 492 g/mol. The summed E-state index contributed by atoms with van der Waals surface area (Å²) >= 11 is 5.97. The number of nitrogens with two attached hydrogens (primary N) is 1. The van der Waals surface area contributed by atoms with Crippen molar-refractivity contribution in [1.82, 2.24) is 9.62 Å². The van der Waals surface area contributed by atoms with Crippen molar-refractivity contribution in [3.8, 4) is 0 Å². The number of carbonyl (C=O) groups excluding carboxylic acids is 2. The van der Waals surface area contributed by atoms with Crippen LogP contribution in [-0.4, -0.2) is 37.1 Å². The van der Waals surface area contributed by atoms with Crippen molar-refractivity contribution in [2.75, 3.05) is 6.54 Å². The fourth-order valence-corrected chi connectivity index (χ4v) is 6.10. The molecule has 1 aliphatic rings. The zero-order valence-electron chi connectivity index (χ0n) is 18.7. The third-order valence-corrected chi connectivity index (χ3v) is 8.16. The summed E-state index contributed by atoms with van der Waals surface area (Å²) in [5.74, 6) is -1.23. The lowest BCUT2D eigenvalue weighted by atomic mass is 9.93. The van der Waals surface area contributed by atoms with Crippen molar-refractivity contribution in [2.45, 2.75) is 56.5 Å². The van der Waals surface area contributed by atoms with Crippen molar-refractivity contribution in [2.24, 2.45) is 11.7 Å². The summed E-state index contributed by atoms with van der Waals surface area (Å²) in [6, 6.07) is 12.3. The van der Waals surface area contributed by atoms with E-state index in [1.165, 1.54) is 28.6 Å². The highest BCUT2D eigenvalue weighted by molar-refractivity contribution is 7.89. The van der Waals surface area contributed by atoms with E-state index in [-0.39, 0.29) is 17.3 Å². The lowest BCUT2D eigenvalue weighted by molar-refractivity contribution is -0.123. The Hall–Kier alpha value is -2.42. The number of amides is 2. The Morgan fingerprint density at radius 3 is 2.27 bits per heavy atom. The van der Waals surface area contributed by atoms with Gasteiger partial charge in [-0.15, -0.1) is 0 Å². The predicted molar refractivity (Wildman–Crippen MR) is 128 cm³/mol. The molecule has 0 aromatic heterocycles. The molecule has 9 heteroatoms. The van der Waals surface area contributed by atoms with Gasteiger partial charge in [-0.25, -0.2) is 8.42 Å². The molecule has 33 heavy (non-hydrogen) atoms. The number of hydrogen-bond acceptors (Lipinski definition) is 4. The first-order chi connectivity index (χ1) is 15.7. The maximum absolute atomic E-state index is 13.8. The molecule has 3 rings (SSSR count). The Kier molecular flexibility index (Phi) is 8.51. The summed E-state index contributed by atoms with van der Waals surface area (Å²) in [6.45, 7) is 2.42. The van der Waals surface area contributed by atoms with Gasteiger partial charge in [-0.2, -0.15) is 4.31 Å². The minimum absolute atomic E-state index is 0.0646. The fraction of sp³-hybridized carbons (Fsp3) is 0.417. The van der Waals surface area contributed by atoms with Crippen LogP contribution in [0, 0.1) is 5.92 Å². The monoisotopic (exact) mass is 491 g/mol. The molecule has 3 N–H and O–H groups in total. The van der Waals surface area contributed by atoms with Crippen molar-refractivity contribution in [1.29, 1.82) is 0 Å². The first-order valence-electron chi connectivity index (χ1n) is 11.2. The Balaban J connectivity index is 2.00. The predicted octanol–water partition coefficient (Wildman–Crippen LogP) is 3.71. The van der Waals surface area contributed by atoms with Crippen LogP contribution in [0.15, 0.2) is 53.4 Å². The molecule has 0 radical (unpaired) electrons. The quantitative estimate of drug-likeness (QED) is 0.548. The second kappa shape index (κ2) is 11.1. The number of rotatable bonds is 8. The van der Waals surface area contributed by atoms with Crippen LogP contribution >= 0.6 is 11.6 Å². The van der Waals surface area contributed by atoms with E-state index in [0.717, 1.165) is 19.3 Å². The SMILES string of the molecule is CCNC(=O)c1ccc(CN(C2CCCCCC2C(N)=O)S(=O)(=O)c2ccc(Cl)cc2)cc1. The van der Waals surface area contributed by atoms with Crippen molar-refractivity contribution in [3.63, 3.8) is 0 Å². The number of hydrogen-bond donors (Lipinski definition) is 2. The van der Waals surface area contributed by atoms with E-state index in [0.29, 0.717) is 35.5 Å². The second-order valence-corrected chi connectivity index (χ2v) is 10.6. The number of halogens is 1. The van der Waals surface area contributed by atoms with Crippen LogP contribution in [0.25, 0.3) is 0 Å². The molecular weight excluding hydrogens is 462 g/mol. The van der Waals surface area contributed by atoms with Crippen LogP contribution < -0.4 is 11.1 Å². The van der Waals surface area contributed by atoms with E-state index >= 15 is 0 Å². The molecule has 1 saturated carbocycles. The summed E-state index contributed by atoms with van der Waals surface area (Å²) < 4.78 is 28.9. The third-order valence-electron chi connectivity index (χ3n) is 6.03. The molecule has 0 heterocycles. The third kappa shape index (κ3) is 6.13. The summed E-state index contributed by atoms with van der Waals surface area (Å²) in [5, 5.41) is 3.18. The van der Waals surface area contributed by atoms with E-state index in [2.05, 4.69) is 5.32 Å². The molecule has 1 fully saturated rings. The highest BCUT2D eigenvalue weighted by Gasteiger charge is 2.39. The van der Waals surface area contributed by atoms with Gasteiger partial charge in [-0.3, -0.25) is 9.59 Å². The highest BCUT2D eigenvalue weighted by Crippen LogP contribution is 2.33. The summed E-state index contributed by atoms with van der Waals surface area (Å²) in [6.07, 6.45) is 3.69. The number of benzene rings is 2. The molecule has 0 bridgehead atoms. The molecule has 0 spiro atoms. The standard InChI is InChI=1S/C24H30ClN3O4S/c1-2-27-24(30)18-10-8-17(9-11-18)16-28(22-7-5-3-4-6-21(22)23(26)29)33(31,32)20-14-12-19(25)13-15-20/h8-15,21-22H,2-7,16H2,1H3,(H2,26,29)(H,27,30). The number of primary amides is 1. The molecule has 2 aromatic rings. The minimum atomic E-state index is -3.95. The average Bonchev–Trinajstić information content (AvgIpc) is 3.04. The Morgan fingerprint density at radius 2 is 1.67 bits per heavy atom. The molecule has 2 unspecified atom stereocenters. The van der Waals surface area contributed by atoms with Crippen LogP contribution in [0.1, 0.15) is 54.9 Å². The molecule has 2 atom stereocenters. The zero-order chi connectivity index (χ0) is 24.0. The molecule has 0 aliphatic heterocycles. The van der Waals surface area contributed by atoms with Gasteiger partial charge in [0.1, 0.15) is 0 Å². The van der Waals surface area contributed by atoms with E-state index in [1.54, 1.807) is 24.3 Å². The van der Waals surface area contributed by atoms with Gasteiger partial charge < -0.3 is 11.1 Å². The number of sulfonamides is 1. The van der Waals surface area contributed by atoms with E-state index in [1.807, 2.05) is 6.92 Å². The zero-order valence-corrected chi connectivity index (χ0v) is 20.2. The van der Waals surface area contributed by atoms with Crippen molar-refractivity contribution < 1.29 is 18.0 Å². The lowest BCUT2D eigenvalue weighted by Gasteiger charge is -2.34. The van der Waals surface area contributed by atoms with Gasteiger partial charge in [-0.1, -0.05) is 43.0 Å². The first-order valence-corrected chi connectivity index (χ1v) is 13.0. The van der Waals surface area contributed by atoms with Crippen LogP contribution in [-0.2, 0) is 21.4 Å². The molecule has 7 nitrogen and oxygen atoms in total. The molecule has 1 aliphatic carbocycles. The first kappa shape index (κ1) is 25.2. The number of nitrogens with one attached hydrogen (secondary N) is 1. The highest BCUT2D eigenvalue weighted by atomic mass is 35.5. The van der Waals surface area contributed by atoms with Gasteiger partial charge >= 0.3 is 0 Å². The Morgan fingerprint density at radius 1 is 1.03 bits per heavy atom. The van der Waals surface area contributed by atoms with Crippen LogP contribution in [0.3, 0.4) is 0 Å². The van der Waals surface area contributed by atoms with Crippen LogP contribution in [0.5, 0.6) is 0 Å². The largest absolute Gasteiger partial charge is 0.369 e. The van der Waals surface area contributed by atoms with Gasteiger partial charge in [-0.05, 0) is 61.7 Å². The maximum atomic E-state index is 13.8. The minimum Gasteiger partial charge on any atom is -0.369 e. The fourth-order valence-electron chi connectivity index (χ4n) is 4.29. The van der Waals surface area contributed by atoms with Crippen LogP contribution in [0.2, 0.25) is 5.02 Å². The van der Waals surface area contributed by atoms with Crippen LogP contribution in [0.4, 0.5) is 0 Å². The van der Waals surface area contributed by atoms with Crippen molar-refractivity contribution in [3.05, 3.63) is 64.7 Å². The molecule has 2 amide bonds. The lowest BCUT2D eigenvalue weighted by Crippen LogP contribution is -2.47. The maximum Gasteiger partial charge on any atom is 0.251 e. The second-order valence-electron chi connectivity index (χ2n) is 8.27. The van der Waals surface area contributed by atoms with Gasteiger partial charge in [0.15, 0.2) is 0 Å². The molecule has 0 saturated heterocycles. The van der Waals surface area contributed by atoms with E-state index in [9.17, 15) is 18.0 Å². The molecule has 2 aromatic carbocycles. The number of carbonyl (C=O) groups is 2. The van der Waals surface area contributed by atoms with Gasteiger partial charge in [0.05, 0.1) is 10.8 Å². The topological polar surface area (TPSA) is 110 Å². The molecule has 178 valence electrons. The van der Waals surface area contributed by atoms with E-state index in [4.69, 9.17) is 17.3 Å². The Labute approximate surface area is 200 Å². The Bertz CT molecular complexity index is 1070. The normalized spacial score (nSPS) is 19.1. The van der Waals surface area contributed by atoms with Gasteiger partial charge in [0.2, 0.25) is 15.9 Å². The summed E-state index contributed by atoms with van der Waals surface area (Å²) in [4.78, 5) is 24.5. The van der Waals surface area contributed by atoms with Gasteiger partial charge in [0.25, 0.3) is 5.91 Å². The van der Waals surface area contributed by atoms with Crippen molar-refractivity contribution >= 4 is 33.4 Å². The summed E-state index contributed by atoms with van der Waals surface area (Å²) in [5.41, 5.74) is 6.93. The van der Waals surface area contributed by atoms with Gasteiger partial charge in [0, 0.05) is 29.7 Å². The molecular formula is C24H30ClN3O4S. The number of nitrogens with zero attached hydrogens (tertiary/aromatic N) is 1. The smallest absolute Gasteiger partial charge is 0.251 e. The van der Waals surface area contributed by atoms with E-state index < -0.39 is 27.9 Å².